The van der Waals surface area contributed by atoms with E-state index in [1.54, 1.807) is 17.7 Å². The standard InChI is InChI=1S/C15H22N4O2S2/c1-23(20,21)19-9-5-8-16-14-13-11-6-3-2-4-7-12(11)22-15(13)18-10-17-14/h10,19H,2-9H2,1H3,(H,16,17,18). The smallest absolute Gasteiger partial charge is 0.208 e. The van der Waals surface area contributed by atoms with Crippen molar-refractivity contribution in [2.45, 2.75) is 38.5 Å². The second-order valence-electron chi connectivity index (χ2n) is 5.91. The fourth-order valence-corrected chi connectivity index (χ4v) is 4.70. The highest BCUT2D eigenvalue weighted by Gasteiger charge is 2.18. The molecule has 2 N–H and O–H groups in total. The normalized spacial score (nSPS) is 15.3. The maximum Gasteiger partial charge on any atom is 0.208 e. The topological polar surface area (TPSA) is 84.0 Å². The zero-order valence-corrected chi connectivity index (χ0v) is 14.9. The molecular weight excluding hydrogens is 332 g/mol. The van der Waals surface area contributed by atoms with E-state index in [0.717, 1.165) is 23.5 Å². The molecule has 6 nitrogen and oxygen atoms in total. The van der Waals surface area contributed by atoms with Gasteiger partial charge >= 0.3 is 0 Å². The molecule has 0 spiro atoms. The van der Waals surface area contributed by atoms with Crippen LogP contribution in [0.15, 0.2) is 6.33 Å². The van der Waals surface area contributed by atoms with E-state index < -0.39 is 10.0 Å². The van der Waals surface area contributed by atoms with E-state index in [4.69, 9.17) is 0 Å². The third-order valence-electron chi connectivity index (χ3n) is 4.01. The summed E-state index contributed by atoms with van der Waals surface area (Å²) >= 11 is 1.79. The number of fused-ring (bicyclic) bond motifs is 3. The van der Waals surface area contributed by atoms with Crippen molar-refractivity contribution < 1.29 is 8.42 Å². The van der Waals surface area contributed by atoms with Gasteiger partial charge in [-0.15, -0.1) is 11.3 Å². The Bertz CT molecular complexity index is 786. The molecule has 126 valence electrons. The monoisotopic (exact) mass is 354 g/mol. The van der Waals surface area contributed by atoms with E-state index in [0.29, 0.717) is 19.5 Å². The lowest BCUT2D eigenvalue weighted by atomic mass is 10.1. The minimum atomic E-state index is -3.11. The molecule has 0 aromatic carbocycles. The maximum absolute atomic E-state index is 11.0. The predicted molar refractivity (Wildman–Crippen MR) is 94.6 cm³/mol. The molecule has 3 rings (SSSR count). The Kier molecular flexibility index (Phi) is 5.13. The van der Waals surface area contributed by atoms with Gasteiger partial charge in [-0.1, -0.05) is 6.42 Å². The van der Waals surface area contributed by atoms with Crippen LogP contribution in [0.4, 0.5) is 5.82 Å². The van der Waals surface area contributed by atoms with E-state index in [2.05, 4.69) is 20.0 Å². The van der Waals surface area contributed by atoms with Crippen molar-refractivity contribution in [1.29, 1.82) is 0 Å². The number of aryl methyl sites for hydroxylation is 2. The molecule has 0 aliphatic heterocycles. The first kappa shape index (κ1) is 16.6. The van der Waals surface area contributed by atoms with Gasteiger partial charge in [-0.2, -0.15) is 0 Å². The number of aromatic nitrogens is 2. The van der Waals surface area contributed by atoms with Gasteiger partial charge in [-0.05, 0) is 37.7 Å². The van der Waals surface area contributed by atoms with Crippen LogP contribution in [-0.4, -0.2) is 37.7 Å². The molecular formula is C15H22N4O2S2. The number of hydrogen-bond acceptors (Lipinski definition) is 6. The van der Waals surface area contributed by atoms with Crippen LogP contribution in [0.2, 0.25) is 0 Å². The van der Waals surface area contributed by atoms with Crippen molar-refractivity contribution in [3.63, 3.8) is 0 Å². The average molecular weight is 355 g/mol. The second-order valence-corrected chi connectivity index (χ2v) is 8.83. The second kappa shape index (κ2) is 7.11. The minimum Gasteiger partial charge on any atom is -0.369 e. The maximum atomic E-state index is 11.0. The fraction of sp³-hybridized carbons (Fsp3) is 0.600. The number of anilines is 1. The Morgan fingerprint density at radius 2 is 2.00 bits per heavy atom. The van der Waals surface area contributed by atoms with E-state index in [1.807, 2.05) is 0 Å². The van der Waals surface area contributed by atoms with Crippen LogP contribution in [0.5, 0.6) is 0 Å². The lowest BCUT2D eigenvalue weighted by Gasteiger charge is -2.08. The SMILES string of the molecule is CS(=O)(=O)NCCCNc1ncnc2sc3c(c12)CCCCC3. The summed E-state index contributed by atoms with van der Waals surface area (Å²) < 4.78 is 24.6. The van der Waals surface area contributed by atoms with Gasteiger partial charge in [0.2, 0.25) is 10.0 Å². The summed E-state index contributed by atoms with van der Waals surface area (Å²) in [5.74, 6) is 0.883. The molecule has 0 unspecified atom stereocenters. The molecule has 23 heavy (non-hydrogen) atoms. The molecule has 8 heteroatoms. The van der Waals surface area contributed by atoms with Crippen LogP contribution in [0.1, 0.15) is 36.1 Å². The molecule has 1 aliphatic carbocycles. The van der Waals surface area contributed by atoms with E-state index in [-0.39, 0.29) is 0 Å². The largest absolute Gasteiger partial charge is 0.369 e. The van der Waals surface area contributed by atoms with Gasteiger partial charge in [0.15, 0.2) is 0 Å². The van der Waals surface area contributed by atoms with Gasteiger partial charge < -0.3 is 5.32 Å². The van der Waals surface area contributed by atoms with Gasteiger partial charge in [0.05, 0.1) is 11.6 Å². The average Bonchev–Trinajstić information content (AvgIpc) is 2.69. The lowest BCUT2D eigenvalue weighted by molar-refractivity contribution is 0.586. The summed E-state index contributed by atoms with van der Waals surface area (Å²) in [6, 6.07) is 0. The fourth-order valence-electron chi connectivity index (χ4n) is 2.95. The van der Waals surface area contributed by atoms with Crippen molar-refractivity contribution in [3.05, 3.63) is 16.8 Å². The Hall–Kier alpha value is -1.25. The summed E-state index contributed by atoms with van der Waals surface area (Å²) in [5.41, 5.74) is 1.42. The molecule has 2 heterocycles. The van der Waals surface area contributed by atoms with Crippen molar-refractivity contribution in [1.82, 2.24) is 14.7 Å². The molecule has 0 radical (unpaired) electrons. The van der Waals surface area contributed by atoms with Gasteiger partial charge in [0.25, 0.3) is 0 Å². The molecule has 2 aromatic heterocycles. The van der Waals surface area contributed by atoms with Crippen LogP contribution in [-0.2, 0) is 22.9 Å². The van der Waals surface area contributed by atoms with Crippen LogP contribution in [0.3, 0.4) is 0 Å². The number of rotatable bonds is 6. The summed E-state index contributed by atoms with van der Waals surface area (Å²) in [4.78, 5) is 11.4. The van der Waals surface area contributed by atoms with Crippen molar-refractivity contribution in [2.24, 2.45) is 0 Å². The Morgan fingerprint density at radius 3 is 2.83 bits per heavy atom. The first-order valence-corrected chi connectivity index (χ1v) is 10.7. The zero-order chi connectivity index (χ0) is 16.3. The molecule has 0 fully saturated rings. The van der Waals surface area contributed by atoms with Gasteiger partial charge in [-0.25, -0.2) is 23.1 Å². The number of hydrogen-bond donors (Lipinski definition) is 2. The van der Waals surface area contributed by atoms with Gasteiger partial charge in [0.1, 0.15) is 17.0 Å². The van der Waals surface area contributed by atoms with Crippen molar-refractivity contribution in [2.75, 3.05) is 24.7 Å². The highest BCUT2D eigenvalue weighted by molar-refractivity contribution is 7.88. The van der Waals surface area contributed by atoms with Crippen molar-refractivity contribution in [3.8, 4) is 0 Å². The Labute approximate surface area is 140 Å². The quantitative estimate of drug-likeness (QED) is 0.614. The molecule has 0 atom stereocenters. The van der Waals surface area contributed by atoms with Crippen LogP contribution in [0.25, 0.3) is 10.2 Å². The van der Waals surface area contributed by atoms with E-state index in [1.165, 1.54) is 41.3 Å². The highest BCUT2D eigenvalue weighted by atomic mass is 32.2. The molecule has 0 saturated carbocycles. The summed E-state index contributed by atoms with van der Waals surface area (Å²) in [7, 11) is -3.11. The number of nitrogens with zero attached hydrogens (tertiary/aromatic N) is 2. The number of sulfonamides is 1. The minimum absolute atomic E-state index is 0.432. The molecule has 0 saturated heterocycles. The van der Waals surface area contributed by atoms with Gasteiger partial charge in [0, 0.05) is 18.0 Å². The van der Waals surface area contributed by atoms with Crippen LogP contribution >= 0.6 is 11.3 Å². The Morgan fingerprint density at radius 1 is 1.17 bits per heavy atom. The summed E-state index contributed by atoms with van der Waals surface area (Å²) in [6.07, 6.45) is 9.52. The Balaban J connectivity index is 1.72. The van der Waals surface area contributed by atoms with Gasteiger partial charge in [-0.3, -0.25) is 0 Å². The molecule has 0 bridgehead atoms. The lowest BCUT2D eigenvalue weighted by Crippen LogP contribution is -2.24. The number of nitrogens with one attached hydrogen (secondary N) is 2. The first-order valence-electron chi connectivity index (χ1n) is 7.98. The molecule has 2 aromatic rings. The summed E-state index contributed by atoms with van der Waals surface area (Å²) in [6.45, 7) is 1.11. The van der Waals surface area contributed by atoms with E-state index in [9.17, 15) is 8.42 Å². The predicted octanol–water partition coefficient (Wildman–Crippen LogP) is 2.31. The highest BCUT2D eigenvalue weighted by Crippen LogP contribution is 2.37. The third kappa shape index (κ3) is 4.19. The van der Waals surface area contributed by atoms with Crippen LogP contribution < -0.4 is 10.0 Å². The third-order valence-corrected chi connectivity index (χ3v) is 5.94. The number of thiophene rings is 1. The zero-order valence-electron chi connectivity index (χ0n) is 13.3. The van der Waals surface area contributed by atoms with E-state index >= 15 is 0 Å². The molecule has 0 amide bonds. The van der Waals surface area contributed by atoms with Crippen LogP contribution in [0, 0.1) is 0 Å². The van der Waals surface area contributed by atoms with Crippen molar-refractivity contribution >= 4 is 37.4 Å². The first-order chi connectivity index (χ1) is 11.0. The molecule has 1 aliphatic rings. The summed E-state index contributed by atoms with van der Waals surface area (Å²) in [5, 5.41) is 4.52.